The highest BCUT2D eigenvalue weighted by Gasteiger charge is 2.30. The van der Waals surface area contributed by atoms with E-state index in [4.69, 9.17) is 0 Å². The third-order valence-corrected chi connectivity index (χ3v) is 4.38. The van der Waals surface area contributed by atoms with Crippen LogP contribution in [0.15, 0.2) is 24.3 Å². The van der Waals surface area contributed by atoms with Crippen LogP contribution in [0.3, 0.4) is 0 Å². The molecule has 1 aromatic rings. The number of nitrogens with one attached hydrogen (secondary N) is 2. The van der Waals surface area contributed by atoms with Gasteiger partial charge in [0.05, 0.1) is 5.92 Å². The van der Waals surface area contributed by atoms with Crippen LogP contribution in [0.5, 0.6) is 0 Å². The zero-order chi connectivity index (χ0) is 14.8. The number of rotatable bonds is 2. The summed E-state index contributed by atoms with van der Waals surface area (Å²) in [5.41, 5.74) is 2.31. The van der Waals surface area contributed by atoms with Crippen LogP contribution in [0.4, 0.5) is 0 Å². The van der Waals surface area contributed by atoms with Gasteiger partial charge in [0, 0.05) is 39.1 Å². The SMILES string of the molecule is CN1CC(NC(=O)C2CNCc3ccccc32)CCC1=O. The maximum absolute atomic E-state index is 12.6. The summed E-state index contributed by atoms with van der Waals surface area (Å²) in [6.45, 7) is 2.09. The molecular formula is C16H21N3O2. The molecule has 0 bridgehead atoms. The van der Waals surface area contributed by atoms with Crippen LogP contribution in [0.1, 0.15) is 29.9 Å². The van der Waals surface area contributed by atoms with Crippen LogP contribution >= 0.6 is 0 Å². The molecule has 0 radical (unpaired) electrons. The predicted octanol–water partition coefficient (Wildman–Crippen LogP) is 0.610. The Balaban J connectivity index is 1.68. The molecule has 1 fully saturated rings. The summed E-state index contributed by atoms with van der Waals surface area (Å²) < 4.78 is 0. The van der Waals surface area contributed by atoms with Gasteiger partial charge in [0.25, 0.3) is 0 Å². The van der Waals surface area contributed by atoms with Gasteiger partial charge in [-0.05, 0) is 17.5 Å². The molecule has 112 valence electrons. The largest absolute Gasteiger partial charge is 0.351 e. The van der Waals surface area contributed by atoms with Crippen molar-refractivity contribution in [2.45, 2.75) is 31.3 Å². The minimum absolute atomic E-state index is 0.0578. The Morgan fingerprint density at radius 3 is 3.00 bits per heavy atom. The summed E-state index contributed by atoms with van der Waals surface area (Å²) >= 11 is 0. The summed E-state index contributed by atoms with van der Waals surface area (Å²) in [5, 5.41) is 6.41. The van der Waals surface area contributed by atoms with Gasteiger partial charge in [-0.3, -0.25) is 9.59 Å². The molecular weight excluding hydrogens is 266 g/mol. The Kier molecular flexibility index (Phi) is 3.92. The second-order valence-corrected chi connectivity index (χ2v) is 5.90. The van der Waals surface area contributed by atoms with Crippen molar-refractivity contribution >= 4 is 11.8 Å². The monoisotopic (exact) mass is 287 g/mol. The number of carbonyl (C=O) groups excluding carboxylic acids is 2. The van der Waals surface area contributed by atoms with E-state index in [1.165, 1.54) is 5.56 Å². The van der Waals surface area contributed by atoms with Gasteiger partial charge in [0.1, 0.15) is 0 Å². The highest BCUT2D eigenvalue weighted by Crippen LogP contribution is 2.24. The van der Waals surface area contributed by atoms with E-state index in [1.807, 2.05) is 18.2 Å². The molecule has 0 spiro atoms. The third-order valence-electron chi connectivity index (χ3n) is 4.38. The van der Waals surface area contributed by atoms with Crippen molar-refractivity contribution in [2.75, 3.05) is 20.1 Å². The van der Waals surface area contributed by atoms with Crippen LogP contribution in [0.2, 0.25) is 0 Å². The fourth-order valence-corrected chi connectivity index (χ4v) is 3.16. The van der Waals surface area contributed by atoms with Gasteiger partial charge < -0.3 is 15.5 Å². The molecule has 2 amide bonds. The molecule has 2 N–H and O–H groups in total. The molecule has 1 aromatic carbocycles. The van der Waals surface area contributed by atoms with E-state index in [2.05, 4.69) is 16.7 Å². The van der Waals surface area contributed by atoms with Gasteiger partial charge >= 0.3 is 0 Å². The minimum Gasteiger partial charge on any atom is -0.351 e. The number of benzene rings is 1. The molecule has 5 nitrogen and oxygen atoms in total. The molecule has 2 heterocycles. The quantitative estimate of drug-likeness (QED) is 0.838. The molecule has 0 aromatic heterocycles. The number of piperidine rings is 1. The van der Waals surface area contributed by atoms with E-state index in [0.717, 1.165) is 18.5 Å². The first-order valence-corrected chi connectivity index (χ1v) is 7.48. The van der Waals surface area contributed by atoms with Crippen LogP contribution in [-0.4, -0.2) is 42.9 Å². The standard InChI is InChI=1S/C16H21N3O2/c1-19-10-12(6-7-15(19)20)18-16(21)14-9-17-8-11-4-2-3-5-13(11)14/h2-5,12,14,17H,6-10H2,1H3,(H,18,21). The van der Waals surface area contributed by atoms with E-state index in [9.17, 15) is 9.59 Å². The van der Waals surface area contributed by atoms with Crippen LogP contribution in [0, 0.1) is 0 Å². The fraction of sp³-hybridized carbons (Fsp3) is 0.500. The lowest BCUT2D eigenvalue weighted by atomic mass is 9.90. The average molecular weight is 287 g/mol. The first-order chi connectivity index (χ1) is 10.1. The van der Waals surface area contributed by atoms with Gasteiger partial charge in [-0.15, -0.1) is 0 Å². The highest BCUT2D eigenvalue weighted by molar-refractivity contribution is 5.85. The third kappa shape index (κ3) is 2.93. The number of fused-ring (bicyclic) bond motifs is 1. The van der Waals surface area contributed by atoms with Crippen molar-refractivity contribution in [3.8, 4) is 0 Å². The molecule has 0 saturated carbocycles. The minimum atomic E-state index is -0.141. The normalized spacial score (nSPS) is 25.4. The van der Waals surface area contributed by atoms with Gasteiger partial charge in [-0.25, -0.2) is 0 Å². The molecule has 1 saturated heterocycles. The summed E-state index contributed by atoms with van der Waals surface area (Å²) in [6.07, 6.45) is 1.25. The van der Waals surface area contributed by atoms with E-state index < -0.39 is 0 Å². The topological polar surface area (TPSA) is 61.4 Å². The maximum atomic E-state index is 12.6. The maximum Gasteiger partial charge on any atom is 0.229 e. The predicted molar refractivity (Wildman–Crippen MR) is 79.7 cm³/mol. The molecule has 2 atom stereocenters. The molecule has 2 aliphatic rings. The van der Waals surface area contributed by atoms with Crippen molar-refractivity contribution in [1.29, 1.82) is 0 Å². The van der Waals surface area contributed by atoms with E-state index >= 15 is 0 Å². The fourth-order valence-electron chi connectivity index (χ4n) is 3.16. The van der Waals surface area contributed by atoms with Gasteiger partial charge in [-0.1, -0.05) is 24.3 Å². The molecule has 5 heteroatoms. The number of likely N-dealkylation sites (tertiary alicyclic amines) is 1. The Morgan fingerprint density at radius 2 is 2.19 bits per heavy atom. The van der Waals surface area contributed by atoms with E-state index in [0.29, 0.717) is 19.5 Å². The van der Waals surface area contributed by atoms with Crippen LogP contribution in [-0.2, 0) is 16.1 Å². The van der Waals surface area contributed by atoms with Crippen molar-refractivity contribution in [3.63, 3.8) is 0 Å². The van der Waals surface area contributed by atoms with Crippen molar-refractivity contribution < 1.29 is 9.59 Å². The van der Waals surface area contributed by atoms with Crippen molar-refractivity contribution in [2.24, 2.45) is 0 Å². The molecule has 2 aliphatic heterocycles. The number of likely N-dealkylation sites (N-methyl/N-ethyl adjacent to an activating group) is 1. The molecule has 3 rings (SSSR count). The zero-order valence-electron chi connectivity index (χ0n) is 12.3. The molecule has 0 aliphatic carbocycles. The first-order valence-electron chi connectivity index (χ1n) is 7.48. The van der Waals surface area contributed by atoms with E-state index in [1.54, 1.807) is 11.9 Å². The Labute approximate surface area is 124 Å². The second-order valence-electron chi connectivity index (χ2n) is 5.90. The first kappa shape index (κ1) is 14.1. The highest BCUT2D eigenvalue weighted by atomic mass is 16.2. The number of hydrogen-bond acceptors (Lipinski definition) is 3. The number of carbonyl (C=O) groups is 2. The lowest BCUT2D eigenvalue weighted by molar-refractivity contribution is -0.134. The van der Waals surface area contributed by atoms with Crippen molar-refractivity contribution in [1.82, 2.24) is 15.5 Å². The van der Waals surface area contributed by atoms with Gasteiger partial charge in [-0.2, -0.15) is 0 Å². The van der Waals surface area contributed by atoms with E-state index in [-0.39, 0.29) is 23.8 Å². The summed E-state index contributed by atoms with van der Waals surface area (Å²) in [4.78, 5) is 25.8. The second kappa shape index (κ2) is 5.85. The van der Waals surface area contributed by atoms with Crippen LogP contribution < -0.4 is 10.6 Å². The number of hydrogen-bond donors (Lipinski definition) is 2. The smallest absolute Gasteiger partial charge is 0.229 e. The Bertz CT molecular complexity index is 558. The Hall–Kier alpha value is -1.88. The summed E-state index contributed by atoms with van der Waals surface area (Å²) in [6, 6.07) is 8.15. The summed E-state index contributed by atoms with van der Waals surface area (Å²) in [5.74, 6) is 0.0745. The van der Waals surface area contributed by atoms with Gasteiger partial charge in [0.2, 0.25) is 11.8 Å². The lowest BCUT2D eigenvalue weighted by Gasteiger charge is -2.32. The van der Waals surface area contributed by atoms with Crippen molar-refractivity contribution in [3.05, 3.63) is 35.4 Å². The Morgan fingerprint density at radius 1 is 1.38 bits per heavy atom. The lowest BCUT2D eigenvalue weighted by Crippen LogP contribution is -2.50. The number of amides is 2. The average Bonchev–Trinajstić information content (AvgIpc) is 2.50. The molecule has 21 heavy (non-hydrogen) atoms. The summed E-state index contributed by atoms with van der Waals surface area (Å²) in [7, 11) is 1.79. The molecule has 2 unspecified atom stereocenters. The zero-order valence-corrected chi connectivity index (χ0v) is 12.3. The number of nitrogens with zero attached hydrogens (tertiary/aromatic N) is 1. The van der Waals surface area contributed by atoms with Gasteiger partial charge in [0.15, 0.2) is 0 Å². The van der Waals surface area contributed by atoms with Crippen LogP contribution in [0.25, 0.3) is 0 Å².